The number of hydrogen-bond donors (Lipinski definition) is 1. The number of methoxy groups -OCH3 is 1. The van der Waals surface area contributed by atoms with E-state index in [0.29, 0.717) is 37.5 Å². The molecule has 18 heavy (non-hydrogen) atoms. The molecule has 5 nitrogen and oxygen atoms in total. The molecule has 1 heterocycles. The van der Waals surface area contributed by atoms with Gasteiger partial charge in [-0.25, -0.2) is 0 Å². The van der Waals surface area contributed by atoms with Gasteiger partial charge in [-0.1, -0.05) is 12.1 Å². The van der Waals surface area contributed by atoms with Gasteiger partial charge in [0.25, 0.3) is 5.91 Å². The zero-order valence-corrected chi connectivity index (χ0v) is 10.3. The molecule has 0 aromatic heterocycles. The predicted octanol–water partition coefficient (Wildman–Crippen LogP) is 1.19. The van der Waals surface area contributed by atoms with Crippen molar-refractivity contribution in [1.29, 1.82) is 0 Å². The average Bonchev–Trinajstić information content (AvgIpc) is 2.91. The van der Waals surface area contributed by atoms with Crippen LogP contribution in [0.5, 0.6) is 5.75 Å². The van der Waals surface area contributed by atoms with Crippen LogP contribution in [0.1, 0.15) is 16.8 Å². The van der Waals surface area contributed by atoms with Gasteiger partial charge in [0.1, 0.15) is 5.75 Å². The zero-order chi connectivity index (χ0) is 12.8. The molecule has 1 saturated heterocycles. The first-order chi connectivity index (χ1) is 8.81. The van der Waals surface area contributed by atoms with E-state index < -0.39 is 0 Å². The van der Waals surface area contributed by atoms with Gasteiger partial charge in [-0.3, -0.25) is 4.79 Å². The standard InChI is InChI=1S/C13H17NO4/c1-16-11-5-3-2-4-10(11)13(15)14-7-6-12-17-8-9-18-12/h2-5,12H,6-9H2,1H3,(H,14,15). The minimum Gasteiger partial charge on any atom is -0.496 e. The molecule has 1 N–H and O–H groups in total. The van der Waals surface area contributed by atoms with Crippen LogP contribution < -0.4 is 10.1 Å². The monoisotopic (exact) mass is 251 g/mol. The molecule has 98 valence electrons. The van der Waals surface area contributed by atoms with Crippen molar-refractivity contribution in [2.75, 3.05) is 26.9 Å². The molecule has 1 aromatic rings. The molecule has 0 bridgehead atoms. The minimum atomic E-state index is -0.192. The number of hydrogen-bond acceptors (Lipinski definition) is 4. The third kappa shape index (κ3) is 3.21. The highest BCUT2D eigenvalue weighted by molar-refractivity contribution is 5.96. The maximum Gasteiger partial charge on any atom is 0.255 e. The van der Waals surface area contributed by atoms with Gasteiger partial charge < -0.3 is 19.5 Å². The van der Waals surface area contributed by atoms with E-state index in [0.717, 1.165) is 0 Å². The van der Waals surface area contributed by atoms with Crippen molar-refractivity contribution in [1.82, 2.24) is 5.32 Å². The molecular formula is C13H17NO4. The first kappa shape index (κ1) is 12.9. The molecule has 1 fully saturated rings. The van der Waals surface area contributed by atoms with Crippen LogP contribution in [0.15, 0.2) is 24.3 Å². The zero-order valence-electron chi connectivity index (χ0n) is 10.3. The largest absolute Gasteiger partial charge is 0.496 e. The lowest BCUT2D eigenvalue weighted by molar-refractivity contribution is -0.0455. The van der Waals surface area contributed by atoms with Gasteiger partial charge in [0, 0.05) is 13.0 Å². The Morgan fingerprint density at radius 1 is 1.39 bits per heavy atom. The normalized spacial score (nSPS) is 15.6. The van der Waals surface area contributed by atoms with Crippen molar-refractivity contribution in [3.8, 4) is 5.75 Å². The van der Waals surface area contributed by atoms with Crippen LogP contribution in [0.2, 0.25) is 0 Å². The van der Waals surface area contributed by atoms with E-state index in [1.807, 2.05) is 6.07 Å². The molecule has 0 radical (unpaired) electrons. The van der Waals surface area contributed by atoms with Crippen LogP contribution in [0.3, 0.4) is 0 Å². The Balaban J connectivity index is 1.83. The van der Waals surface area contributed by atoms with E-state index in [1.165, 1.54) is 0 Å². The van der Waals surface area contributed by atoms with Crippen molar-refractivity contribution >= 4 is 5.91 Å². The highest BCUT2D eigenvalue weighted by Gasteiger charge is 2.16. The van der Waals surface area contributed by atoms with Gasteiger partial charge in [0.15, 0.2) is 6.29 Å². The lowest BCUT2D eigenvalue weighted by atomic mass is 10.2. The molecule has 0 unspecified atom stereocenters. The van der Waals surface area contributed by atoms with Crippen molar-refractivity contribution in [2.45, 2.75) is 12.7 Å². The van der Waals surface area contributed by atoms with Crippen molar-refractivity contribution < 1.29 is 19.0 Å². The van der Waals surface area contributed by atoms with E-state index in [9.17, 15) is 4.79 Å². The van der Waals surface area contributed by atoms with E-state index in [-0.39, 0.29) is 12.2 Å². The molecule has 0 atom stereocenters. The summed E-state index contributed by atoms with van der Waals surface area (Å²) in [5.74, 6) is 0.425. The summed E-state index contributed by atoms with van der Waals surface area (Å²) < 4.78 is 15.7. The number of nitrogens with one attached hydrogen (secondary N) is 1. The summed E-state index contributed by atoms with van der Waals surface area (Å²) in [6, 6.07) is 7.13. The molecule has 2 rings (SSSR count). The fourth-order valence-corrected chi connectivity index (χ4v) is 1.80. The summed E-state index contributed by atoms with van der Waals surface area (Å²) >= 11 is 0. The number of ether oxygens (including phenoxy) is 3. The number of amides is 1. The molecule has 1 aliphatic rings. The molecule has 0 saturated carbocycles. The maximum absolute atomic E-state index is 11.9. The van der Waals surface area contributed by atoms with Crippen molar-refractivity contribution in [3.05, 3.63) is 29.8 Å². The van der Waals surface area contributed by atoms with Crippen LogP contribution in [0.4, 0.5) is 0 Å². The molecule has 0 spiro atoms. The van der Waals surface area contributed by atoms with Crippen molar-refractivity contribution in [3.63, 3.8) is 0 Å². The second-order valence-corrected chi connectivity index (χ2v) is 3.92. The second-order valence-electron chi connectivity index (χ2n) is 3.92. The molecular weight excluding hydrogens is 234 g/mol. The summed E-state index contributed by atoms with van der Waals surface area (Å²) in [4.78, 5) is 11.9. The molecule has 5 heteroatoms. The number of carbonyl (C=O) groups excluding carboxylic acids is 1. The first-order valence-corrected chi connectivity index (χ1v) is 5.95. The van der Waals surface area contributed by atoms with Crippen molar-refractivity contribution in [2.24, 2.45) is 0 Å². The molecule has 1 amide bonds. The van der Waals surface area contributed by atoms with Gasteiger partial charge in [0.2, 0.25) is 0 Å². The van der Waals surface area contributed by atoms with Gasteiger partial charge >= 0.3 is 0 Å². The number of benzene rings is 1. The fourth-order valence-electron chi connectivity index (χ4n) is 1.80. The third-order valence-electron chi connectivity index (χ3n) is 2.71. The SMILES string of the molecule is COc1ccccc1C(=O)NCCC1OCCO1. The summed E-state index contributed by atoms with van der Waals surface area (Å²) in [6.45, 7) is 1.78. The summed E-state index contributed by atoms with van der Waals surface area (Å²) in [5.41, 5.74) is 0.535. The van der Waals surface area contributed by atoms with Crippen LogP contribution in [-0.4, -0.2) is 39.1 Å². The van der Waals surface area contributed by atoms with Crippen LogP contribution in [0.25, 0.3) is 0 Å². The maximum atomic E-state index is 11.9. The lowest BCUT2D eigenvalue weighted by Gasteiger charge is -2.11. The Morgan fingerprint density at radius 3 is 2.83 bits per heavy atom. The van der Waals surface area contributed by atoms with E-state index in [1.54, 1.807) is 25.3 Å². The Morgan fingerprint density at radius 2 is 2.11 bits per heavy atom. The summed E-state index contributed by atoms with van der Waals surface area (Å²) in [6.07, 6.45) is 0.462. The predicted molar refractivity (Wildman–Crippen MR) is 65.6 cm³/mol. The Labute approximate surface area is 106 Å². The summed E-state index contributed by atoms with van der Waals surface area (Å²) in [5, 5.41) is 2.82. The van der Waals surface area contributed by atoms with Crippen LogP contribution in [-0.2, 0) is 9.47 Å². The van der Waals surface area contributed by atoms with Gasteiger partial charge in [0.05, 0.1) is 25.9 Å². The van der Waals surface area contributed by atoms with Crippen LogP contribution in [0, 0.1) is 0 Å². The first-order valence-electron chi connectivity index (χ1n) is 5.95. The van der Waals surface area contributed by atoms with Gasteiger partial charge in [-0.2, -0.15) is 0 Å². The third-order valence-corrected chi connectivity index (χ3v) is 2.71. The highest BCUT2D eigenvalue weighted by Crippen LogP contribution is 2.16. The minimum absolute atomic E-state index is 0.148. The lowest BCUT2D eigenvalue weighted by Crippen LogP contribution is -2.27. The number of para-hydroxylation sites is 1. The Kier molecular flexibility index (Phi) is 4.55. The topological polar surface area (TPSA) is 56.8 Å². The average molecular weight is 251 g/mol. The highest BCUT2D eigenvalue weighted by atomic mass is 16.7. The fraction of sp³-hybridized carbons (Fsp3) is 0.462. The Bertz CT molecular complexity index is 402. The van der Waals surface area contributed by atoms with E-state index in [4.69, 9.17) is 14.2 Å². The quantitative estimate of drug-likeness (QED) is 0.854. The van der Waals surface area contributed by atoms with Crippen LogP contribution >= 0.6 is 0 Å². The molecule has 1 aliphatic heterocycles. The molecule has 0 aliphatic carbocycles. The van der Waals surface area contributed by atoms with E-state index >= 15 is 0 Å². The van der Waals surface area contributed by atoms with E-state index in [2.05, 4.69) is 5.32 Å². The number of carbonyl (C=O) groups is 1. The van der Waals surface area contributed by atoms with Gasteiger partial charge in [-0.05, 0) is 12.1 Å². The second kappa shape index (κ2) is 6.37. The molecule has 1 aromatic carbocycles. The number of rotatable bonds is 5. The smallest absolute Gasteiger partial charge is 0.255 e. The van der Waals surface area contributed by atoms with Gasteiger partial charge in [-0.15, -0.1) is 0 Å². The Hall–Kier alpha value is -1.59. The summed E-state index contributed by atoms with van der Waals surface area (Å²) in [7, 11) is 1.55.